The van der Waals surface area contributed by atoms with E-state index in [1.165, 1.54) is 0 Å². The summed E-state index contributed by atoms with van der Waals surface area (Å²) in [6.07, 6.45) is 2.16. The van der Waals surface area contributed by atoms with Gasteiger partial charge < -0.3 is 19.1 Å². The molecule has 2 aliphatic heterocycles. The maximum Gasteiger partial charge on any atom is 0.254 e. The molecule has 0 N–H and O–H groups in total. The zero-order chi connectivity index (χ0) is 22.1. The van der Waals surface area contributed by atoms with Crippen LogP contribution < -0.4 is 14.2 Å². The van der Waals surface area contributed by atoms with E-state index < -0.39 is 0 Å². The number of hydrogen-bond acceptors (Lipinski definition) is 6. The summed E-state index contributed by atoms with van der Waals surface area (Å²) in [5.74, 6) is 2.92. The molecule has 3 heterocycles. The van der Waals surface area contributed by atoms with Crippen LogP contribution in [0.1, 0.15) is 34.4 Å². The Bertz CT molecular complexity index is 1160. The van der Waals surface area contributed by atoms with Gasteiger partial charge in [-0.25, -0.2) is 9.97 Å². The van der Waals surface area contributed by atoms with Crippen LogP contribution in [-0.4, -0.2) is 47.8 Å². The number of amides is 1. The third kappa shape index (κ3) is 3.75. The highest BCUT2D eigenvalue weighted by atomic mass is 16.7. The lowest BCUT2D eigenvalue weighted by Crippen LogP contribution is -2.33. The Balaban J connectivity index is 1.43. The third-order valence-electron chi connectivity index (χ3n) is 5.98. The molecule has 164 valence electrons. The van der Waals surface area contributed by atoms with E-state index in [2.05, 4.69) is 6.92 Å². The van der Waals surface area contributed by atoms with E-state index in [4.69, 9.17) is 24.2 Å². The fourth-order valence-electron chi connectivity index (χ4n) is 4.21. The highest BCUT2D eigenvalue weighted by Crippen LogP contribution is 2.33. The fraction of sp³-hybridized carbons (Fsp3) is 0.320. The zero-order valence-electron chi connectivity index (χ0n) is 18.3. The molecular formula is C25H25N3O4. The number of aromatic nitrogens is 2. The van der Waals surface area contributed by atoms with Crippen LogP contribution in [0.2, 0.25) is 0 Å². The van der Waals surface area contributed by atoms with Crippen LogP contribution in [0.3, 0.4) is 0 Å². The average molecular weight is 431 g/mol. The molecule has 0 aliphatic carbocycles. The number of carbonyl (C=O) groups is 1. The Kier molecular flexibility index (Phi) is 5.39. The van der Waals surface area contributed by atoms with Gasteiger partial charge >= 0.3 is 0 Å². The second-order valence-electron chi connectivity index (χ2n) is 7.86. The van der Waals surface area contributed by atoms with Crippen molar-refractivity contribution < 1.29 is 19.0 Å². The van der Waals surface area contributed by atoms with Crippen LogP contribution in [0.25, 0.3) is 11.3 Å². The molecular weight excluding hydrogens is 406 g/mol. The van der Waals surface area contributed by atoms with Gasteiger partial charge in [0.05, 0.1) is 12.8 Å². The van der Waals surface area contributed by atoms with Crippen molar-refractivity contribution in [3.8, 4) is 28.5 Å². The maximum atomic E-state index is 13.2. The Morgan fingerprint density at radius 2 is 1.81 bits per heavy atom. The van der Waals surface area contributed by atoms with Crippen LogP contribution in [0.15, 0.2) is 42.5 Å². The summed E-state index contributed by atoms with van der Waals surface area (Å²) in [4.78, 5) is 24.8. The van der Waals surface area contributed by atoms with E-state index in [9.17, 15) is 4.79 Å². The summed E-state index contributed by atoms with van der Waals surface area (Å²) >= 11 is 0. The van der Waals surface area contributed by atoms with Gasteiger partial charge in [0.15, 0.2) is 11.5 Å². The molecule has 32 heavy (non-hydrogen) atoms. The van der Waals surface area contributed by atoms with Crippen molar-refractivity contribution in [1.82, 2.24) is 14.9 Å². The standard InChI is InChI=1S/C25H25N3O4/c1-3-23-26-20-11-13-28(25(29)17-6-9-21-22(14-17)32-15-31-21)12-10-19(20)24(27-23)16-4-7-18(30-2)8-5-16/h4-9,14H,3,10-13,15H2,1-2H3. The number of methoxy groups -OCH3 is 1. The van der Waals surface area contributed by atoms with Crippen molar-refractivity contribution in [1.29, 1.82) is 0 Å². The molecule has 7 nitrogen and oxygen atoms in total. The molecule has 0 saturated heterocycles. The molecule has 1 aromatic heterocycles. The number of hydrogen-bond donors (Lipinski definition) is 0. The van der Waals surface area contributed by atoms with Gasteiger partial charge in [-0.2, -0.15) is 0 Å². The van der Waals surface area contributed by atoms with E-state index in [0.29, 0.717) is 43.0 Å². The molecule has 0 spiro atoms. The minimum atomic E-state index is -0.00854. The highest BCUT2D eigenvalue weighted by Gasteiger charge is 2.25. The van der Waals surface area contributed by atoms with Gasteiger partial charge in [-0.3, -0.25) is 4.79 Å². The van der Waals surface area contributed by atoms with Crippen LogP contribution in [0, 0.1) is 0 Å². The maximum absolute atomic E-state index is 13.2. The SMILES string of the molecule is CCc1nc2c(c(-c3ccc(OC)cc3)n1)CCN(C(=O)c1ccc3c(c1)OCO3)CC2. The summed E-state index contributed by atoms with van der Waals surface area (Å²) in [7, 11) is 1.66. The first-order chi connectivity index (χ1) is 15.7. The number of ether oxygens (including phenoxy) is 3. The Morgan fingerprint density at radius 1 is 1.03 bits per heavy atom. The summed E-state index contributed by atoms with van der Waals surface area (Å²) < 4.78 is 16.1. The molecule has 1 amide bonds. The Hall–Kier alpha value is -3.61. The molecule has 0 radical (unpaired) electrons. The smallest absolute Gasteiger partial charge is 0.254 e. The number of benzene rings is 2. The number of aryl methyl sites for hydroxylation is 1. The van der Waals surface area contributed by atoms with Crippen molar-refractivity contribution >= 4 is 5.91 Å². The topological polar surface area (TPSA) is 73.8 Å². The quantitative estimate of drug-likeness (QED) is 0.627. The first-order valence-corrected chi connectivity index (χ1v) is 10.9. The number of carbonyl (C=O) groups excluding carboxylic acids is 1. The normalized spacial score (nSPS) is 14.6. The number of nitrogens with zero attached hydrogens (tertiary/aromatic N) is 3. The van der Waals surface area contributed by atoms with E-state index >= 15 is 0 Å². The molecule has 0 unspecified atom stereocenters. The van der Waals surface area contributed by atoms with E-state index in [1.807, 2.05) is 29.2 Å². The Labute approximate surface area is 187 Å². The average Bonchev–Trinajstić information content (AvgIpc) is 3.21. The van der Waals surface area contributed by atoms with E-state index in [0.717, 1.165) is 40.5 Å². The third-order valence-corrected chi connectivity index (χ3v) is 5.98. The van der Waals surface area contributed by atoms with Crippen molar-refractivity contribution in [3.05, 3.63) is 65.1 Å². The van der Waals surface area contributed by atoms with Crippen molar-refractivity contribution in [2.75, 3.05) is 27.0 Å². The van der Waals surface area contributed by atoms with Crippen LogP contribution in [0.5, 0.6) is 17.2 Å². The monoisotopic (exact) mass is 431 g/mol. The van der Waals surface area contributed by atoms with Gasteiger partial charge in [-0.15, -0.1) is 0 Å². The second kappa shape index (κ2) is 8.49. The van der Waals surface area contributed by atoms with Gasteiger partial charge in [-0.05, 0) is 48.9 Å². The van der Waals surface area contributed by atoms with Gasteiger partial charge in [0, 0.05) is 48.3 Å². The number of rotatable bonds is 4. The van der Waals surface area contributed by atoms with Crippen molar-refractivity contribution in [2.45, 2.75) is 26.2 Å². The summed E-state index contributed by atoms with van der Waals surface area (Å²) in [6, 6.07) is 13.3. The van der Waals surface area contributed by atoms with Gasteiger partial charge in [0.25, 0.3) is 5.91 Å². The zero-order valence-corrected chi connectivity index (χ0v) is 18.3. The molecule has 2 aromatic carbocycles. The summed E-state index contributed by atoms with van der Waals surface area (Å²) in [6.45, 7) is 3.48. The fourth-order valence-corrected chi connectivity index (χ4v) is 4.21. The van der Waals surface area contributed by atoms with Gasteiger partial charge in [-0.1, -0.05) is 6.92 Å². The van der Waals surface area contributed by atoms with Crippen LogP contribution in [-0.2, 0) is 19.3 Å². The lowest BCUT2D eigenvalue weighted by atomic mass is 10.0. The molecule has 5 rings (SSSR count). The first kappa shape index (κ1) is 20.3. The largest absolute Gasteiger partial charge is 0.497 e. The molecule has 0 bridgehead atoms. The van der Waals surface area contributed by atoms with Crippen LogP contribution in [0.4, 0.5) is 0 Å². The summed E-state index contributed by atoms with van der Waals surface area (Å²) in [5.41, 5.74) is 4.74. The molecule has 0 atom stereocenters. The van der Waals surface area contributed by atoms with Crippen LogP contribution >= 0.6 is 0 Å². The van der Waals surface area contributed by atoms with E-state index in [1.54, 1.807) is 25.3 Å². The van der Waals surface area contributed by atoms with Crippen molar-refractivity contribution in [2.24, 2.45) is 0 Å². The number of fused-ring (bicyclic) bond motifs is 2. The minimum Gasteiger partial charge on any atom is -0.497 e. The van der Waals surface area contributed by atoms with Gasteiger partial charge in [0.1, 0.15) is 11.6 Å². The minimum absolute atomic E-state index is 0.00854. The molecule has 2 aliphatic rings. The van der Waals surface area contributed by atoms with Crippen molar-refractivity contribution in [3.63, 3.8) is 0 Å². The van der Waals surface area contributed by atoms with Gasteiger partial charge in [0.2, 0.25) is 6.79 Å². The predicted molar refractivity (Wildman–Crippen MR) is 119 cm³/mol. The lowest BCUT2D eigenvalue weighted by Gasteiger charge is -2.20. The van der Waals surface area contributed by atoms with E-state index in [-0.39, 0.29) is 12.7 Å². The predicted octanol–water partition coefficient (Wildman–Crippen LogP) is 3.68. The molecule has 3 aromatic rings. The second-order valence-corrected chi connectivity index (χ2v) is 7.86. The molecule has 7 heteroatoms. The highest BCUT2D eigenvalue weighted by molar-refractivity contribution is 5.95. The summed E-state index contributed by atoms with van der Waals surface area (Å²) in [5, 5.41) is 0. The lowest BCUT2D eigenvalue weighted by molar-refractivity contribution is 0.0762. The molecule has 0 saturated carbocycles. The Morgan fingerprint density at radius 3 is 2.59 bits per heavy atom. The molecule has 0 fully saturated rings. The first-order valence-electron chi connectivity index (χ1n) is 10.9.